The maximum absolute atomic E-state index is 12.9. The summed E-state index contributed by atoms with van der Waals surface area (Å²) in [6, 6.07) is 5.64. The molecule has 0 fully saturated rings. The third-order valence-electron chi connectivity index (χ3n) is 5.51. The number of amides is 2. The normalized spacial score (nSPS) is 15.3. The van der Waals surface area contributed by atoms with Crippen molar-refractivity contribution in [3.63, 3.8) is 0 Å². The second-order valence-corrected chi connectivity index (χ2v) is 8.67. The van der Waals surface area contributed by atoms with E-state index < -0.39 is 6.10 Å². The molecule has 1 aliphatic rings. The van der Waals surface area contributed by atoms with Gasteiger partial charge in [-0.3, -0.25) is 9.59 Å². The Morgan fingerprint density at radius 1 is 1.34 bits per heavy atom. The summed E-state index contributed by atoms with van der Waals surface area (Å²) < 4.78 is 2.38. The molecule has 9 nitrogen and oxygen atoms in total. The SMILES string of the molecule is C/C(=C1/C(=O)Nc2ccc(Br)cc21)c1[nH]c(C)c(C(=O)NCC(O)Cn2ccnn2)c1C. The second-order valence-electron chi connectivity index (χ2n) is 7.76. The maximum Gasteiger partial charge on any atom is 0.256 e. The van der Waals surface area contributed by atoms with Crippen LogP contribution in [0.4, 0.5) is 5.69 Å². The van der Waals surface area contributed by atoms with Crippen molar-refractivity contribution in [2.75, 3.05) is 11.9 Å². The molecule has 10 heteroatoms. The highest BCUT2D eigenvalue weighted by Gasteiger charge is 2.29. The molecule has 0 saturated carbocycles. The van der Waals surface area contributed by atoms with Crippen molar-refractivity contribution in [2.24, 2.45) is 0 Å². The number of nitrogens with one attached hydrogen (secondary N) is 3. The molecule has 1 aliphatic heterocycles. The van der Waals surface area contributed by atoms with Crippen LogP contribution >= 0.6 is 15.9 Å². The lowest BCUT2D eigenvalue weighted by atomic mass is 9.97. The Kier molecular flexibility index (Phi) is 5.98. The number of rotatable bonds is 6. The molecule has 166 valence electrons. The maximum atomic E-state index is 12.9. The molecule has 0 saturated heterocycles. The number of aliphatic hydroxyl groups is 1. The van der Waals surface area contributed by atoms with Crippen LogP contribution in [-0.4, -0.2) is 49.5 Å². The van der Waals surface area contributed by atoms with Gasteiger partial charge >= 0.3 is 0 Å². The van der Waals surface area contributed by atoms with E-state index in [-0.39, 0.29) is 24.9 Å². The van der Waals surface area contributed by atoms with Gasteiger partial charge in [0.05, 0.1) is 30.0 Å². The van der Waals surface area contributed by atoms with Crippen LogP contribution in [0.2, 0.25) is 0 Å². The number of H-pyrrole nitrogens is 1. The topological polar surface area (TPSA) is 125 Å². The minimum atomic E-state index is -0.805. The Labute approximate surface area is 193 Å². The third kappa shape index (κ3) is 4.11. The van der Waals surface area contributed by atoms with E-state index in [9.17, 15) is 14.7 Å². The molecule has 0 spiro atoms. The molecule has 0 bridgehead atoms. The third-order valence-corrected chi connectivity index (χ3v) is 6.00. The molecule has 4 N–H and O–H groups in total. The number of anilines is 1. The highest BCUT2D eigenvalue weighted by Crippen LogP contribution is 2.39. The van der Waals surface area contributed by atoms with Gasteiger partial charge in [-0.25, -0.2) is 4.68 Å². The Bertz CT molecular complexity index is 1230. The van der Waals surface area contributed by atoms with E-state index in [1.54, 1.807) is 6.20 Å². The van der Waals surface area contributed by atoms with E-state index in [1.165, 1.54) is 10.9 Å². The Morgan fingerprint density at radius 3 is 2.84 bits per heavy atom. The highest BCUT2D eigenvalue weighted by atomic mass is 79.9. The van der Waals surface area contributed by atoms with E-state index in [2.05, 4.69) is 41.9 Å². The smallest absolute Gasteiger partial charge is 0.256 e. The number of aromatic amines is 1. The van der Waals surface area contributed by atoms with E-state index in [1.807, 2.05) is 39.0 Å². The van der Waals surface area contributed by atoms with Gasteiger partial charge in [-0.15, -0.1) is 5.10 Å². The van der Waals surface area contributed by atoms with Crippen molar-refractivity contribution in [2.45, 2.75) is 33.4 Å². The first-order valence-corrected chi connectivity index (χ1v) is 10.9. The number of allylic oxidation sites excluding steroid dienone is 1. The molecule has 32 heavy (non-hydrogen) atoms. The summed E-state index contributed by atoms with van der Waals surface area (Å²) in [5.74, 6) is -0.471. The first kappa shape index (κ1) is 22.0. The van der Waals surface area contributed by atoms with Gasteiger partial charge in [0.1, 0.15) is 0 Å². The molecule has 2 aromatic heterocycles. The number of hydrogen-bond donors (Lipinski definition) is 4. The van der Waals surface area contributed by atoms with Crippen LogP contribution in [0.15, 0.2) is 35.1 Å². The molecule has 0 radical (unpaired) electrons. The van der Waals surface area contributed by atoms with Crippen LogP contribution in [0, 0.1) is 13.8 Å². The van der Waals surface area contributed by atoms with Crippen LogP contribution in [-0.2, 0) is 11.3 Å². The molecule has 3 aromatic rings. The fourth-order valence-electron chi connectivity index (χ4n) is 4.01. The van der Waals surface area contributed by atoms with Crippen molar-refractivity contribution < 1.29 is 14.7 Å². The quantitative estimate of drug-likeness (QED) is 0.388. The molecule has 1 unspecified atom stereocenters. The number of benzene rings is 1. The molecular formula is C22H23BrN6O3. The zero-order chi connectivity index (χ0) is 23.0. The lowest BCUT2D eigenvalue weighted by molar-refractivity contribution is -0.110. The van der Waals surface area contributed by atoms with Gasteiger partial charge in [0, 0.05) is 39.9 Å². The molecule has 4 rings (SSSR count). The zero-order valence-corrected chi connectivity index (χ0v) is 19.4. The molecule has 3 heterocycles. The minimum absolute atomic E-state index is 0.0714. The van der Waals surface area contributed by atoms with Crippen LogP contribution in [0.5, 0.6) is 0 Å². The monoisotopic (exact) mass is 498 g/mol. The number of carbonyl (C=O) groups is 2. The number of carbonyl (C=O) groups excluding carboxylic acids is 2. The summed E-state index contributed by atoms with van der Waals surface area (Å²) >= 11 is 3.46. The summed E-state index contributed by atoms with van der Waals surface area (Å²) in [6.07, 6.45) is 2.36. The van der Waals surface area contributed by atoms with Gasteiger partial charge in [-0.1, -0.05) is 21.1 Å². The van der Waals surface area contributed by atoms with Gasteiger partial charge in [-0.2, -0.15) is 0 Å². The average Bonchev–Trinajstić information content (AvgIpc) is 3.43. The fourth-order valence-corrected chi connectivity index (χ4v) is 4.37. The summed E-state index contributed by atoms with van der Waals surface area (Å²) in [7, 11) is 0. The number of hydrogen-bond acceptors (Lipinski definition) is 5. The second kappa shape index (κ2) is 8.71. The van der Waals surface area contributed by atoms with Gasteiger partial charge in [0.25, 0.3) is 11.8 Å². The Hall–Kier alpha value is -3.24. The van der Waals surface area contributed by atoms with Gasteiger partial charge in [-0.05, 0) is 50.1 Å². The van der Waals surface area contributed by atoms with Crippen LogP contribution < -0.4 is 10.6 Å². The number of aromatic nitrogens is 4. The van der Waals surface area contributed by atoms with Gasteiger partial charge in [0.15, 0.2) is 0 Å². The summed E-state index contributed by atoms with van der Waals surface area (Å²) in [5, 5.41) is 23.3. The average molecular weight is 499 g/mol. The number of fused-ring (bicyclic) bond motifs is 1. The highest BCUT2D eigenvalue weighted by molar-refractivity contribution is 9.10. The van der Waals surface area contributed by atoms with E-state index >= 15 is 0 Å². The molecule has 0 aliphatic carbocycles. The van der Waals surface area contributed by atoms with Crippen molar-refractivity contribution in [1.29, 1.82) is 0 Å². The van der Waals surface area contributed by atoms with E-state index in [4.69, 9.17) is 0 Å². The first-order chi connectivity index (χ1) is 15.3. The number of aliphatic hydroxyl groups excluding tert-OH is 1. The van der Waals surface area contributed by atoms with Crippen LogP contribution in [0.25, 0.3) is 11.1 Å². The lowest BCUT2D eigenvalue weighted by Crippen LogP contribution is -2.35. The standard InChI is InChI=1S/C22H23BrN6O3/c1-11-18(21(31)24-9-15(30)10-29-7-6-25-28-29)13(3)26-20(11)12(2)19-16-8-14(23)4-5-17(16)27-22(19)32/h4-8,15,26,30H,9-10H2,1-3H3,(H,24,31)(H,27,32)/b19-12-. The minimum Gasteiger partial charge on any atom is -0.389 e. The van der Waals surface area contributed by atoms with Crippen molar-refractivity contribution >= 4 is 44.6 Å². The predicted octanol–water partition coefficient (Wildman–Crippen LogP) is 2.66. The Balaban J connectivity index is 1.58. The Morgan fingerprint density at radius 2 is 2.12 bits per heavy atom. The molecular weight excluding hydrogens is 476 g/mol. The van der Waals surface area contributed by atoms with E-state index in [0.29, 0.717) is 16.8 Å². The van der Waals surface area contributed by atoms with E-state index in [0.717, 1.165) is 32.6 Å². The number of halogens is 1. The molecule has 1 atom stereocenters. The van der Waals surface area contributed by atoms with Crippen molar-refractivity contribution in [3.05, 3.63) is 63.1 Å². The number of nitrogens with zero attached hydrogens (tertiary/aromatic N) is 3. The van der Waals surface area contributed by atoms with Crippen LogP contribution in [0.1, 0.15) is 39.8 Å². The summed E-state index contributed by atoms with van der Waals surface area (Å²) in [4.78, 5) is 28.8. The molecule has 1 aromatic carbocycles. The molecule has 2 amide bonds. The fraction of sp³-hybridized carbons (Fsp3) is 0.273. The summed E-state index contributed by atoms with van der Waals surface area (Å²) in [5.41, 5.74) is 5.56. The lowest BCUT2D eigenvalue weighted by Gasteiger charge is -2.12. The van der Waals surface area contributed by atoms with Crippen LogP contribution in [0.3, 0.4) is 0 Å². The van der Waals surface area contributed by atoms with Gasteiger partial charge in [0.2, 0.25) is 0 Å². The van der Waals surface area contributed by atoms with Crippen molar-refractivity contribution in [1.82, 2.24) is 25.3 Å². The summed E-state index contributed by atoms with van der Waals surface area (Å²) in [6.45, 7) is 5.83. The van der Waals surface area contributed by atoms with Gasteiger partial charge < -0.3 is 20.7 Å². The largest absolute Gasteiger partial charge is 0.389 e. The predicted molar refractivity (Wildman–Crippen MR) is 124 cm³/mol. The van der Waals surface area contributed by atoms with Crippen molar-refractivity contribution in [3.8, 4) is 0 Å². The zero-order valence-electron chi connectivity index (χ0n) is 17.9. The number of aryl methyl sites for hydroxylation is 1. The first-order valence-electron chi connectivity index (χ1n) is 10.1.